The molecule has 4 unspecified atom stereocenters. The van der Waals surface area contributed by atoms with Crippen molar-refractivity contribution in [2.75, 3.05) is 6.61 Å². The van der Waals surface area contributed by atoms with Crippen LogP contribution in [-0.4, -0.2) is 30.7 Å². The second-order valence-corrected chi connectivity index (χ2v) is 5.58. The molecule has 0 spiro atoms. The number of carbonyl (C=O) groups excluding carboxylic acids is 1. The lowest BCUT2D eigenvalue weighted by Crippen LogP contribution is -2.72. The molecular weight excluding hydrogens is 240 g/mol. The summed E-state index contributed by atoms with van der Waals surface area (Å²) in [5.41, 5.74) is 7.96. The lowest BCUT2D eigenvalue weighted by atomic mass is 9.68. The Hall–Kier alpha value is -1.39. The van der Waals surface area contributed by atoms with E-state index in [0.717, 1.165) is 25.0 Å². The van der Waals surface area contributed by atoms with Crippen molar-refractivity contribution in [1.29, 1.82) is 0 Å². The Morgan fingerprint density at radius 3 is 2.84 bits per heavy atom. The van der Waals surface area contributed by atoms with Crippen LogP contribution in [0.2, 0.25) is 0 Å². The summed E-state index contributed by atoms with van der Waals surface area (Å²) < 4.78 is 5.72. The predicted molar refractivity (Wildman–Crippen MR) is 72.9 cm³/mol. The number of carbonyl (C=O) groups is 1. The van der Waals surface area contributed by atoms with Gasteiger partial charge in [-0.3, -0.25) is 4.79 Å². The number of amides is 1. The van der Waals surface area contributed by atoms with Gasteiger partial charge in [-0.25, -0.2) is 0 Å². The van der Waals surface area contributed by atoms with Crippen molar-refractivity contribution in [2.24, 2.45) is 11.7 Å². The van der Waals surface area contributed by atoms with Crippen LogP contribution in [-0.2, 0) is 4.74 Å². The number of rotatable bonds is 2. The number of fused-ring (bicyclic) bond motifs is 1. The standard InChI is InChI=1S/C15H20N2O2/c1-9-4-6-10(7-5-9)15(18)17-13-12(16)11-3-2-8-19-14(11)13/h4-7,11-14H,2-3,8,16H2,1H3,(H,17,18). The zero-order valence-corrected chi connectivity index (χ0v) is 11.1. The number of nitrogens with one attached hydrogen (secondary N) is 1. The maximum absolute atomic E-state index is 12.2. The van der Waals surface area contributed by atoms with Crippen molar-refractivity contribution in [1.82, 2.24) is 5.32 Å². The van der Waals surface area contributed by atoms with Crippen LogP contribution in [0.4, 0.5) is 0 Å². The molecule has 3 rings (SSSR count). The lowest BCUT2D eigenvalue weighted by Gasteiger charge is -2.52. The van der Waals surface area contributed by atoms with Gasteiger partial charge in [0.15, 0.2) is 0 Å². The Morgan fingerprint density at radius 2 is 2.11 bits per heavy atom. The number of hydrogen-bond acceptors (Lipinski definition) is 3. The second-order valence-electron chi connectivity index (χ2n) is 5.58. The van der Waals surface area contributed by atoms with Gasteiger partial charge >= 0.3 is 0 Å². The van der Waals surface area contributed by atoms with E-state index in [9.17, 15) is 4.79 Å². The van der Waals surface area contributed by atoms with Gasteiger partial charge in [-0.2, -0.15) is 0 Å². The summed E-state index contributed by atoms with van der Waals surface area (Å²) in [5, 5.41) is 3.01. The number of aryl methyl sites for hydroxylation is 1. The predicted octanol–water partition coefficient (Wildman–Crippen LogP) is 1.23. The molecule has 1 saturated heterocycles. The molecule has 1 aromatic carbocycles. The number of ether oxygens (including phenoxy) is 1. The van der Waals surface area contributed by atoms with Gasteiger partial charge in [0.1, 0.15) is 0 Å². The van der Waals surface area contributed by atoms with Gasteiger partial charge in [0.05, 0.1) is 12.1 Å². The van der Waals surface area contributed by atoms with Crippen LogP contribution in [0.1, 0.15) is 28.8 Å². The quantitative estimate of drug-likeness (QED) is 0.840. The molecule has 1 amide bonds. The molecule has 0 bridgehead atoms. The van der Waals surface area contributed by atoms with Crippen molar-refractivity contribution < 1.29 is 9.53 Å². The van der Waals surface area contributed by atoms with Crippen LogP contribution in [0, 0.1) is 12.8 Å². The minimum Gasteiger partial charge on any atom is -0.376 e. The Morgan fingerprint density at radius 1 is 1.37 bits per heavy atom. The molecule has 4 heteroatoms. The van der Waals surface area contributed by atoms with Crippen molar-refractivity contribution in [2.45, 2.75) is 38.0 Å². The highest BCUT2D eigenvalue weighted by molar-refractivity contribution is 5.94. The van der Waals surface area contributed by atoms with Crippen molar-refractivity contribution in [3.8, 4) is 0 Å². The van der Waals surface area contributed by atoms with E-state index < -0.39 is 0 Å². The van der Waals surface area contributed by atoms with E-state index in [0.29, 0.717) is 11.5 Å². The normalized spacial score (nSPS) is 33.2. The minimum absolute atomic E-state index is 0.0275. The third-order valence-electron chi connectivity index (χ3n) is 4.29. The minimum atomic E-state index is -0.0620. The molecule has 1 aromatic rings. The van der Waals surface area contributed by atoms with E-state index >= 15 is 0 Å². The zero-order chi connectivity index (χ0) is 13.4. The van der Waals surface area contributed by atoms with Crippen LogP contribution in [0.3, 0.4) is 0 Å². The summed E-state index contributed by atoms with van der Waals surface area (Å²) in [4.78, 5) is 12.2. The molecule has 2 aliphatic rings. The van der Waals surface area contributed by atoms with Crippen LogP contribution in [0.15, 0.2) is 24.3 Å². The third-order valence-corrected chi connectivity index (χ3v) is 4.29. The molecule has 102 valence electrons. The van der Waals surface area contributed by atoms with Crippen LogP contribution < -0.4 is 11.1 Å². The lowest BCUT2D eigenvalue weighted by molar-refractivity contribution is -0.117. The fraction of sp³-hybridized carbons (Fsp3) is 0.533. The Bertz CT molecular complexity index is 472. The largest absolute Gasteiger partial charge is 0.376 e. The SMILES string of the molecule is Cc1ccc(C(=O)NC2C(N)C3CCCOC32)cc1. The van der Waals surface area contributed by atoms with Crippen LogP contribution in [0.5, 0.6) is 0 Å². The average Bonchev–Trinajstić information content (AvgIpc) is 2.45. The first-order chi connectivity index (χ1) is 9.16. The van der Waals surface area contributed by atoms with Gasteiger partial charge < -0.3 is 15.8 Å². The molecule has 0 radical (unpaired) electrons. The molecule has 19 heavy (non-hydrogen) atoms. The van der Waals surface area contributed by atoms with E-state index in [2.05, 4.69) is 5.32 Å². The highest BCUT2D eigenvalue weighted by Gasteiger charge is 2.51. The molecule has 3 N–H and O–H groups in total. The molecular formula is C15H20N2O2. The zero-order valence-electron chi connectivity index (χ0n) is 11.1. The van der Waals surface area contributed by atoms with E-state index in [1.54, 1.807) is 0 Å². The molecule has 2 fully saturated rings. The van der Waals surface area contributed by atoms with Gasteiger partial charge in [-0.05, 0) is 31.9 Å². The Labute approximate surface area is 113 Å². The first kappa shape index (κ1) is 12.6. The summed E-state index contributed by atoms with van der Waals surface area (Å²) in [6.45, 7) is 2.79. The smallest absolute Gasteiger partial charge is 0.251 e. The van der Waals surface area contributed by atoms with Crippen LogP contribution in [0.25, 0.3) is 0 Å². The first-order valence-electron chi connectivity index (χ1n) is 6.91. The monoisotopic (exact) mass is 260 g/mol. The Kier molecular flexibility index (Phi) is 3.29. The summed E-state index contributed by atoms with van der Waals surface area (Å²) in [6, 6.07) is 7.55. The summed E-state index contributed by atoms with van der Waals surface area (Å²) in [6.07, 6.45) is 2.30. The fourth-order valence-electron chi connectivity index (χ4n) is 3.07. The molecule has 1 aliphatic carbocycles. The highest BCUT2D eigenvalue weighted by Crippen LogP contribution is 2.37. The number of nitrogens with two attached hydrogens (primary N) is 1. The molecule has 0 aromatic heterocycles. The molecule has 4 atom stereocenters. The van der Waals surface area contributed by atoms with Crippen molar-refractivity contribution in [3.63, 3.8) is 0 Å². The first-order valence-corrected chi connectivity index (χ1v) is 6.91. The van der Waals surface area contributed by atoms with Crippen molar-refractivity contribution >= 4 is 5.91 Å². The maximum Gasteiger partial charge on any atom is 0.251 e. The number of hydrogen-bond donors (Lipinski definition) is 2. The highest BCUT2D eigenvalue weighted by atomic mass is 16.5. The van der Waals surface area contributed by atoms with E-state index in [4.69, 9.17) is 10.5 Å². The van der Waals surface area contributed by atoms with Gasteiger partial charge in [0.25, 0.3) is 5.91 Å². The molecule has 1 heterocycles. The average molecular weight is 260 g/mol. The summed E-state index contributed by atoms with van der Waals surface area (Å²) >= 11 is 0. The van der Waals surface area contributed by atoms with Crippen LogP contribution >= 0.6 is 0 Å². The van der Waals surface area contributed by atoms with Crippen molar-refractivity contribution in [3.05, 3.63) is 35.4 Å². The second kappa shape index (κ2) is 4.94. The summed E-state index contributed by atoms with van der Waals surface area (Å²) in [7, 11) is 0. The Balaban J connectivity index is 1.65. The number of benzene rings is 1. The molecule has 4 nitrogen and oxygen atoms in total. The summed E-state index contributed by atoms with van der Waals surface area (Å²) in [5.74, 6) is 0.352. The molecule has 1 aliphatic heterocycles. The molecule has 1 saturated carbocycles. The van der Waals surface area contributed by atoms with E-state index in [-0.39, 0.29) is 24.1 Å². The third kappa shape index (κ3) is 2.26. The topological polar surface area (TPSA) is 64.4 Å². The fourth-order valence-corrected chi connectivity index (χ4v) is 3.07. The van der Waals surface area contributed by atoms with E-state index in [1.165, 1.54) is 0 Å². The van der Waals surface area contributed by atoms with E-state index in [1.807, 2.05) is 31.2 Å². The van der Waals surface area contributed by atoms with Gasteiger partial charge in [0, 0.05) is 24.1 Å². The van der Waals surface area contributed by atoms with Gasteiger partial charge in [-0.15, -0.1) is 0 Å². The maximum atomic E-state index is 12.2. The van der Waals surface area contributed by atoms with Gasteiger partial charge in [-0.1, -0.05) is 17.7 Å². The van der Waals surface area contributed by atoms with Gasteiger partial charge in [0.2, 0.25) is 0 Å².